The van der Waals surface area contributed by atoms with Crippen molar-refractivity contribution >= 4 is 56.9 Å². The number of rotatable bonds is 8. The molecule has 0 atom stereocenters. The number of nitrogens with zero attached hydrogens (tertiary/aromatic N) is 2. The largest absolute Gasteiger partial charge is 0.272 e. The smallest absolute Gasteiger partial charge is 0.255 e. The Labute approximate surface area is 205 Å². The normalized spacial score (nSPS) is 11.8. The lowest BCUT2D eigenvalue weighted by Crippen LogP contribution is -2.39. The van der Waals surface area contributed by atoms with Crippen LogP contribution in [-0.2, 0) is 21.4 Å². The molecular weight excluding hydrogens is 512 g/mol. The van der Waals surface area contributed by atoms with Crippen LogP contribution in [0.5, 0.6) is 0 Å². The molecule has 33 heavy (non-hydrogen) atoms. The monoisotopic (exact) mass is 527 g/mol. The molecule has 0 radical (unpaired) electrons. The first-order chi connectivity index (χ1) is 15.7. The van der Waals surface area contributed by atoms with E-state index in [0.29, 0.717) is 15.6 Å². The third kappa shape index (κ3) is 6.75. The van der Waals surface area contributed by atoms with Crippen molar-refractivity contribution in [2.75, 3.05) is 6.54 Å². The molecule has 0 bridgehead atoms. The topological polar surface area (TPSA) is 78.8 Å². The second-order valence-corrected chi connectivity index (χ2v) is 10.0. The molecule has 1 amide bonds. The summed E-state index contributed by atoms with van der Waals surface area (Å²) in [5.41, 5.74) is 2.77. The minimum atomic E-state index is -4.08. The summed E-state index contributed by atoms with van der Waals surface area (Å²) >= 11 is 17.8. The molecule has 0 saturated heterocycles. The molecule has 3 rings (SSSR count). The van der Waals surface area contributed by atoms with Gasteiger partial charge >= 0.3 is 0 Å². The molecule has 0 heterocycles. The first kappa shape index (κ1) is 25.1. The second kappa shape index (κ2) is 11.1. The lowest BCUT2D eigenvalue weighted by molar-refractivity contribution is -0.121. The second-order valence-electron chi connectivity index (χ2n) is 6.79. The highest BCUT2D eigenvalue weighted by molar-refractivity contribution is 7.89. The standard InChI is InChI=1S/C22H17Cl3FN3O3S/c23-16-7-9-18(10-8-16)33(31,32)29(13-15-3-1-4-17(24)11-15)14-22(30)28-27-12-19-20(25)5-2-6-21(19)26/h1-12H,13-14H2,(H,28,30)/b27-12-. The number of hydrogen-bond donors (Lipinski definition) is 1. The Balaban J connectivity index is 1.82. The van der Waals surface area contributed by atoms with Crippen LogP contribution in [0.1, 0.15) is 11.1 Å². The minimum Gasteiger partial charge on any atom is -0.272 e. The maximum atomic E-state index is 13.8. The molecule has 0 unspecified atom stereocenters. The van der Waals surface area contributed by atoms with Gasteiger partial charge in [0.2, 0.25) is 10.0 Å². The van der Waals surface area contributed by atoms with Crippen molar-refractivity contribution < 1.29 is 17.6 Å². The van der Waals surface area contributed by atoms with Crippen LogP contribution in [0.4, 0.5) is 4.39 Å². The van der Waals surface area contributed by atoms with Gasteiger partial charge in [0.25, 0.3) is 5.91 Å². The first-order valence-electron chi connectivity index (χ1n) is 9.43. The summed E-state index contributed by atoms with van der Waals surface area (Å²) in [4.78, 5) is 12.5. The Hall–Kier alpha value is -2.49. The van der Waals surface area contributed by atoms with Crippen LogP contribution in [0.2, 0.25) is 15.1 Å². The fourth-order valence-corrected chi connectivity index (χ4v) is 4.75. The molecule has 172 valence electrons. The van der Waals surface area contributed by atoms with Crippen LogP contribution in [0.25, 0.3) is 0 Å². The Morgan fingerprint density at radius 1 is 1.00 bits per heavy atom. The average Bonchev–Trinajstić information content (AvgIpc) is 2.76. The van der Waals surface area contributed by atoms with Crippen molar-refractivity contribution in [3.63, 3.8) is 0 Å². The molecule has 6 nitrogen and oxygen atoms in total. The van der Waals surface area contributed by atoms with Gasteiger partial charge in [-0.05, 0) is 54.1 Å². The van der Waals surface area contributed by atoms with E-state index in [1.54, 1.807) is 24.3 Å². The molecule has 11 heteroatoms. The van der Waals surface area contributed by atoms with Crippen LogP contribution in [-0.4, -0.2) is 31.4 Å². The number of nitrogens with one attached hydrogen (secondary N) is 1. The maximum Gasteiger partial charge on any atom is 0.255 e. The number of amides is 1. The highest BCUT2D eigenvalue weighted by atomic mass is 35.5. The molecule has 0 fully saturated rings. The Morgan fingerprint density at radius 2 is 1.70 bits per heavy atom. The summed E-state index contributed by atoms with van der Waals surface area (Å²) in [6.45, 7) is -0.679. The molecule has 0 aliphatic heterocycles. The van der Waals surface area contributed by atoms with Crippen molar-refractivity contribution in [3.8, 4) is 0 Å². The highest BCUT2D eigenvalue weighted by Crippen LogP contribution is 2.22. The van der Waals surface area contributed by atoms with Gasteiger partial charge in [-0.25, -0.2) is 18.2 Å². The third-order valence-electron chi connectivity index (χ3n) is 4.40. The van der Waals surface area contributed by atoms with Gasteiger partial charge in [0.05, 0.1) is 22.7 Å². The van der Waals surface area contributed by atoms with Crippen molar-refractivity contribution in [2.24, 2.45) is 5.10 Å². The van der Waals surface area contributed by atoms with E-state index < -0.39 is 28.3 Å². The van der Waals surface area contributed by atoms with Crippen molar-refractivity contribution in [1.29, 1.82) is 0 Å². The van der Waals surface area contributed by atoms with E-state index in [1.165, 1.54) is 42.5 Å². The number of carbonyl (C=O) groups excluding carboxylic acids is 1. The number of halogens is 4. The van der Waals surface area contributed by atoms with Gasteiger partial charge in [-0.15, -0.1) is 0 Å². The van der Waals surface area contributed by atoms with E-state index in [9.17, 15) is 17.6 Å². The molecule has 1 N–H and O–H groups in total. The fourth-order valence-electron chi connectivity index (χ4n) is 2.82. The Bertz CT molecular complexity index is 1270. The van der Waals surface area contributed by atoms with Crippen LogP contribution in [0.3, 0.4) is 0 Å². The van der Waals surface area contributed by atoms with E-state index >= 15 is 0 Å². The zero-order valence-corrected chi connectivity index (χ0v) is 20.0. The third-order valence-corrected chi connectivity index (χ3v) is 7.02. The molecule has 0 aliphatic rings. The fraction of sp³-hybridized carbons (Fsp3) is 0.0909. The molecule has 0 aliphatic carbocycles. The molecule has 0 aromatic heterocycles. The van der Waals surface area contributed by atoms with Crippen LogP contribution < -0.4 is 5.43 Å². The number of hydrazone groups is 1. The summed E-state index contributed by atoms with van der Waals surface area (Å²) < 4.78 is 41.2. The SMILES string of the molecule is O=C(CN(Cc1cccc(Cl)c1)S(=O)(=O)c1ccc(Cl)cc1)N/N=C\c1c(F)cccc1Cl. The lowest BCUT2D eigenvalue weighted by Gasteiger charge is -2.21. The van der Waals surface area contributed by atoms with Crippen LogP contribution >= 0.6 is 34.8 Å². The first-order valence-corrected chi connectivity index (χ1v) is 12.0. The molecule has 0 spiro atoms. The zero-order valence-electron chi connectivity index (χ0n) is 16.9. The predicted molar refractivity (Wildman–Crippen MR) is 128 cm³/mol. The van der Waals surface area contributed by atoms with Gasteiger partial charge in [-0.1, -0.05) is 53.0 Å². The predicted octanol–water partition coefficient (Wildman–Crippen LogP) is 5.13. The number of hydrogen-bond acceptors (Lipinski definition) is 4. The van der Waals surface area contributed by atoms with E-state index in [1.807, 2.05) is 0 Å². The minimum absolute atomic E-state index is 0.0102. The summed E-state index contributed by atoms with van der Waals surface area (Å²) in [6.07, 6.45) is 1.05. The number of carbonyl (C=O) groups is 1. The van der Waals surface area contributed by atoms with E-state index in [4.69, 9.17) is 34.8 Å². The van der Waals surface area contributed by atoms with E-state index in [-0.39, 0.29) is 22.0 Å². The van der Waals surface area contributed by atoms with Gasteiger partial charge < -0.3 is 0 Å². The quantitative estimate of drug-likeness (QED) is 0.325. The average molecular weight is 529 g/mol. The Kier molecular flexibility index (Phi) is 8.45. The van der Waals surface area contributed by atoms with E-state index in [2.05, 4.69) is 10.5 Å². The molecular formula is C22H17Cl3FN3O3S. The summed E-state index contributed by atoms with van der Waals surface area (Å²) in [7, 11) is -4.08. The summed E-state index contributed by atoms with van der Waals surface area (Å²) in [5, 5.41) is 4.60. The Morgan fingerprint density at radius 3 is 2.36 bits per heavy atom. The van der Waals surface area contributed by atoms with Gasteiger partial charge in [0.15, 0.2) is 0 Å². The zero-order chi connectivity index (χ0) is 24.0. The van der Waals surface area contributed by atoms with E-state index in [0.717, 1.165) is 10.5 Å². The van der Waals surface area contributed by atoms with Crippen molar-refractivity contribution in [2.45, 2.75) is 11.4 Å². The molecule has 0 saturated carbocycles. The van der Waals surface area contributed by atoms with Crippen molar-refractivity contribution in [1.82, 2.24) is 9.73 Å². The molecule has 3 aromatic carbocycles. The van der Waals surface area contributed by atoms with Gasteiger partial charge in [0, 0.05) is 22.2 Å². The highest BCUT2D eigenvalue weighted by Gasteiger charge is 2.27. The molecule has 3 aromatic rings. The lowest BCUT2D eigenvalue weighted by atomic mass is 10.2. The summed E-state index contributed by atoms with van der Waals surface area (Å²) in [6, 6.07) is 16.3. The van der Waals surface area contributed by atoms with Gasteiger partial charge in [-0.2, -0.15) is 9.41 Å². The van der Waals surface area contributed by atoms with Crippen LogP contribution in [0.15, 0.2) is 76.7 Å². The van der Waals surface area contributed by atoms with Crippen LogP contribution in [0, 0.1) is 5.82 Å². The van der Waals surface area contributed by atoms with Crippen molar-refractivity contribution in [3.05, 3.63) is 98.7 Å². The maximum absolute atomic E-state index is 13.8. The number of benzene rings is 3. The number of sulfonamides is 1. The van der Waals surface area contributed by atoms with Gasteiger partial charge in [-0.3, -0.25) is 4.79 Å². The summed E-state index contributed by atoms with van der Waals surface area (Å²) in [5.74, 6) is -1.35. The van der Waals surface area contributed by atoms with Gasteiger partial charge in [0.1, 0.15) is 5.82 Å².